The second-order valence-electron chi connectivity index (χ2n) is 6.00. The number of hydrogen-bond donors (Lipinski definition) is 2. The third kappa shape index (κ3) is 3.71. The molecule has 0 atom stereocenters. The van der Waals surface area contributed by atoms with Crippen LogP contribution in [0.15, 0.2) is 54.9 Å². The van der Waals surface area contributed by atoms with Gasteiger partial charge in [-0.1, -0.05) is 6.07 Å². The summed E-state index contributed by atoms with van der Waals surface area (Å²) in [5, 5.41) is 5.34. The van der Waals surface area contributed by atoms with E-state index < -0.39 is 17.5 Å². The van der Waals surface area contributed by atoms with E-state index >= 15 is 0 Å². The van der Waals surface area contributed by atoms with Gasteiger partial charge < -0.3 is 20.1 Å². The minimum atomic E-state index is -0.744. The second kappa shape index (κ2) is 7.51. The van der Waals surface area contributed by atoms with Crippen molar-refractivity contribution in [2.45, 2.75) is 0 Å². The van der Waals surface area contributed by atoms with Crippen molar-refractivity contribution in [1.82, 2.24) is 4.98 Å². The number of nitrogens with zero attached hydrogens (tertiary/aromatic N) is 1. The Kier molecular flexibility index (Phi) is 4.76. The Balaban J connectivity index is 1.52. The van der Waals surface area contributed by atoms with Crippen molar-refractivity contribution in [3.63, 3.8) is 0 Å². The topological polar surface area (TPSA) is 72.5 Å². The van der Waals surface area contributed by atoms with Gasteiger partial charge in [-0.2, -0.15) is 0 Å². The van der Waals surface area contributed by atoms with Crippen LogP contribution in [0.4, 0.5) is 25.8 Å². The first-order valence-electron chi connectivity index (χ1n) is 8.47. The Morgan fingerprint density at radius 3 is 2.46 bits per heavy atom. The molecule has 1 aliphatic heterocycles. The van der Waals surface area contributed by atoms with Crippen molar-refractivity contribution >= 4 is 23.0 Å². The summed E-state index contributed by atoms with van der Waals surface area (Å²) in [6.45, 7) is 0.918. The first-order chi connectivity index (χ1) is 13.6. The number of ether oxygens (including phenoxy) is 2. The number of amides is 1. The smallest absolute Gasteiger partial charge is 0.257 e. The largest absolute Gasteiger partial charge is 0.486 e. The SMILES string of the molecule is O=C(Nc1ccc2c(c1)OCCO2)c1cncc(Nc2c(F)cccc2F)c1. The van der Waals surface area contributed by atoms with Gasteiger partial charge in [-0.15, -0.1) is 0 Å². The summed E-state index contributed by atoms with van der Waals surface area (Å²) in [5.41, 5.74) is 0.705. The normalized spacial score (nSPS) is 12.4. The Labute approximate surface area is 159 Å². The zero-order valence-corrected chi connectivity index (χ0v) is 14.5. The van der Waals surface area contributed by atoms with E-state index in [2.05, 4.69) is 15.6 Å². The van der Waals surface area contributed by atoms with Crippen molar-refractivity contribution in [3.05, 3.63) is 72.1 Å². The molecular weight excluding hydrogens is 368 g/mol. The van der Waals surface area contributed by atoms with Gasteiger partial charge in [0.25, 0.3) is 5.91 Å². The van der Waals surface area contributed by atoms with Crippen molar-refractivity contribution in [1.29, 1.82) is 0 Å². The summed E-state index contributed by atoms with van der Waals surface area (Å²) in [5.74, 6) is -0.754. The molecule has 0 spiro atoms. The molecule has 2 N–H and O–H groups in total. The molecule has 0 radical (unpaired) electrons. The van der Waals surface area contributed by atoms with E-state index in [-0.39, 0.29) is 16.9 Å². The number of anilines is 3. The van der Waals surface area contributed by atoms with Gasteiger partial charge in [0.05, 0.1) is 17.4 Å². The van der Waals surface area contributed by atoms with Gasteiger partial charge in [0.15, 0.2) is 11.5 Å². The number of carbonyl (C=O) groups is 1. The number of pyridine rings is 1. The van der Waals surface area contributed by atoms with Crippen molar-refractivity contribution < 1.29 is 23.0 Å². The van der Waals surface area contributed by atoms with Gasteiger partial charge in [0, 0.05) is 18.0 Å². The highest BCUT2D eigenvalue weighted by Crippen LogP contribution is 2.32. The van der Waals surface area contributed by atoms with Crippen LogP contribution in [0.5, 0.6) is 11.5 Å². The predicted molar refractivity (Wildman–Crippen MR) is 99.3 cm³/mol. The van der Waals surface area contributed by atoms with E-state index in [1.54, 1.807) is 18.2 Å². The van der Waals surface area contributed by atoms with Crippen LogP contribution in [-0.2, 0) is 0 Å². The average molecular weight is 383 g/mol. The molecule has 8 heteroatoms. The van der Waals surface area contributed by atoms with Crippen LogP contribution >= 0.6 is 0 Å². The molecule has 0 saturated heterocycles. The molecule has 0 aliphatic carbocycles. The summed E-state index contributed by atoms with van der Waals surface area (Å²) in [6.07, 6.45) is 2.73. The van der Waals surface area contributed by atoms with Gasteiger partial charge >= 0.3 is 0 Å². The molecule has 2 heterocycles. The van der Waals surface area contributed by atoms with Crippen molar-refractivity contribution in [3.8, 4) is 11.5 Å². The first kappa shape index (κ1) is 17.7. The maximum absolute atomic E-state index is 13.8. The highest BCUT2D eigenvalue weighted by atomic mass is 19.1. The second-order valence-corrected chi connectivity index (χ2v) is 6.00. The number of rotatable bonds is 4. The lowest BCUT2D eigenvalue weighted by Crippen LogP contribution is -2.16. The maximum Gasteiger partial charge on any atom is 0.257 e. The number of nitrogens with one attached hydrogen (secondary N) is 2. The van der Waals surface area contributed by atoms with Crippen molar-refractivity contribution in [2.24, 2.45) is 0 Å². The molecule has 0 unspecified atom stereocenters. The molecule has 1 aliphatic rings. The Morgan fingerprint density at radius 1 is 0.929 bits per heavy atom. The highest BCUT2D eigenvalue weighted by molar-refractivity contribution is 6.04. The summed E-state index contributed by atoms with van der Waals surface area (Å²) in [6, 6.07) is 10.1. The van der Waals surface area contributed by atoms with Crippen molar-refractivity contribution in [2.75, 3.05) is 23.8 Å². The van der Waals surface area contributed by atoms with E-state index in [1.807, 2.05) is 0 Å². The van der Waals surface area contributed by atoms with E-state index in [0.717, 1.165) is 12.1 Å². The maximum atomic E-state index is 13.8. The lowest BCUT2D eigenvalue weighted by atomic mass is 10.2. The van der Waals surface area contributed by atoms with Crippen LogP contribution in [0.3, 0.4) is 0 Å². The molecule has 2 aromatic carbocycles. The lowest BCUT2D eigenvalue weighted by molar-refractivity contribution is 0.102. The van der Waals surface area contributed by atoms with Crippen LogP contribution < -0.4 is 20.1 Å². The van der Waals surface area contributed by atoms with E-state index in [0.29, 0.717) is 30.4 Å². The van der Waals surface area contributed by atoms with Gasteiger partial charge in [-0.25, -0.2) is 8.78 Å². The van der Waals surface area contributed by atoms with E-state index in [1.165, 1.54) is 24.5 Å². The molecule has 0 saturated carbocycles. The molecule has 6 nitrogen and oxygen atoms in total. The number of fused-ring (bicyclic) bond motifs is 1. The van der Waals surface area contributed by atoms with Crippen LogP contribution in [-0.4, -0.2) is 24.1 Å². The van der Waals surface area contributed by atoms with Crippen LogP contribution in [0.2, 0.25) is 0 Å². The van der Waals surface area contributed by atoms with Crippen LogP contribution in [0.1, 0.15) is 10.4 Å². The summed E-state index contributed by atoms with van der Waals surface area (Å²) in [7, 11) is 0. The number of hydrogen-bond acceptors (Lipinski definition) is 5. The molecule has 142 valence electrons. The summed E-state index contributed by atoms with van der Waals surface area (Å²) >= 11 is 0. The number of para-hydroxylation sites is 1. The Bertz CT molecular complexity index is 1020. The quantitative estimate of drug-likeness (QED) is 0.709. The standard InChI is InChI=1S/C20H15F2N3O3/c21-15-2-1-3-16(22)19(15)24-14-8-12(10-23-11-14)20(26)25-13-4-5-17-18(9-13)28-7-6-27-17/h1-5,8-11,24H,6-7H2,(H,25,26). The third-order valence-corrected chi connectivity index (χ3v) is 4.03. The van der Waals surface area contributed by atoms with Gasteiger partial charge in [0.2, 0.25) is 0 Å². The molecule has 1 aromatic heterocycles. The van der Waals surface area contributed by atoms with E-state index in [4.69, 9.17) is 9.47 Å². The fraction of sp³-hybridized carbons (Fsp3) is 0.100. The predicted octanol–water partition coefficient (Wildman–Crippen LogP) is 4.13. The minimum absolute atomic E-state index is 0.219. The zero-order valence-electron chi connectivity index (χ0n) is 14.5. The van der Waals surface area contributed by atoms with Gasteiger partial charge in [-0.3, -0.25) is 9.78 Å². The molecule has 1 amide bonds. The highest BCUT2D eigenvalue weighted by Gasteiger charge is 2.15. The zero-order chi connectivity index (χ0) is 19.5. The Hall–Kier alpha value is -3.68. The average Bonchev–Trinajstić information content (AvgIpc) is 2.71. The number of halogens is 2. The van der Waals surface area contributed by atoms with Gasteiger partial charge in [0.1, 0.15) is 30.5 Å². The monoisotopic (exact) mass is 383 g/mol. The summed E-state index contributed by atoms with van der Waals surface area (Å²) < 4.78 is 38.5. The van der Waals surface area contributed by atoms with Gasteiger partial charge in [-0.05, 0) is 30.3 Å². The van der Waals surface area contributed by atoms with E-state index in [9.17, 15) is 13.6 Å². The van der Waals surface area contributed by atoms with Crippen LogP contribution in [0, 0.1) is 11.6 Å². The summed E-state index contributed by atoms with van der Waals surface area (Å²) in [4.78, 5) is 16.5. The molecule has 0 bridgehead atoms. The molecule has 4 rings (SSSR count). The van der Waals surface area contributed by atoms with Crippen LogP contribution in [0.25, 0.3) is 0 Å². The molecule has 0 fully saturated rings. The lowest BCUT2D eigenvalue weighted by Gasteiger charge is -2.19. The number of aromatic nitrogens is 1. The number of carbonyl (C=O) groups excluding carboxylic acids is 1. The minimum Gasteiger partial charge on any atom is -0.486 e. The third-order valence-electron chi connectivity index (χ3n) is 4.03. The number of benzene rings is 2. The Morgan fingerprint density at radius 2 is 1.68 bits per heavy atom. The fourth-order valence-electron chi connectivity index (χ4n) is 2.72. The molecule has 28 heavy (non-hydrogen) atoms. The molecular formula is C20H15F2N3O3. The first-order valence-corrected chi connectivity index (χ1v) is 8.47. The fourth-order valence-corrected chi connectivity index (χ4v) is 2.72. The molecule has 3 aromatic rings.